The van der Waals surface area contributed by atoms with Crippen molar-refractivity contribution in [3.05, 3.63) is 53.1 Å². The highest BCUT2D eigenvalue weighted by Gasteiger charge is 2.20. The second kappa shape index (κ2) is 7.38. The second-order valence-corrected chi connectivity index (χ2v) is 8.09. The van der Waals surface area contributed by atoms with Gasteiger partial charge in [-0.1, -0.05) is 76.5 Å². The predicted octanol–water partition coefficient (Wildman–Crippen LogP) is 5.70. The van der Waals surface area contributed by atoms with Gasteiger partial charge in [0.2, 0.25) is 0 Å². The van der Waals surface area contributed by atoms with Crippen LogP contribution in [0.25, 0.3) is 5.57 Å². The minimum absolute atomic E-state index is 0.216. The van der Waals surface area contributed by atoms with Crippen molar-refractivity contribution in [3.63, 3.8) is 0 Å². The minimum atomic E-state index is 0.216. The van der Waals surface area contributed by atoms with E-state index < -0.39 is 0 Å². The van der Waals surface area contributed by atoms with Crippen molar-refractivity contribution < 1.29 is 0 Å². The molecule has 3 rings (SSSR count). The first kappa shape index (κ1) is 17.0. The molecule has 1 fully saturated rings. The van der Waals surface area contributed by atoms with Crippen LogP contribution < -0.4 is 5.43 Å². The lowest BCUT2D eigenvalue weighted by Crippen LogP contribution is -2.26. The number of hydrogen-bond acceptors (Lipinski definition) is 2. The predicted molar refractivity (Wildman–Crippen MR) is 104 cm³/mol. The van der Waals surface area contributed by atoms with E-state index in [0.29, 0.717) is 6.04 Å². The van der Waals surface area contributed by atoms with Crippen molar-refractivity contribution >= 4 is 11.8 Å². The van der Waals surface area contributed by atoms with E-state index in [1.54, 1.807) is 0 Å². The van der Waals surface area contributed by atoms with Gasteiger partial charge in [-0.3, -0.25) is 0 Å². The Morgan fingerprint density at radius 2 is 1.83 bits per heavy atom. The van der Waals surface area contributed by atoms with Crippen molar-refractivity contribution in [2.75, 3.05) is 0 Å². The summed E-state index contributed by atoms with van der Waals surface area (Å²) < 4.78 is 0. The van der Waals surface area contributed by atoms with E-state index >= 15 is 0 Å². The summed E-state index contributed by atoms with van der Waals surface area (Å²) in [5.41, 5.74) is 8.92. The van der Waals surface area contributed by atoms with Crippen molar-refractivity contribution in [2.24, 2.45) is 10.5 Å². The molecule has 1 N–H and O–H groups in total. The van der Waals surface area contributed by atoms with Gasteiger partial charge in [-0.25, -0.2) is 0 Å². The Morgan fingerprint density at radius 1 is 1.08 bits per heavy atom. The van der Waals surface area contributed by atoms with E-state index in [4.69, 9.17) is 0 Å². The van der Waals surface area contributed by atoms with E-state index in [1.807, 2.05) is 6.21 Å². The molecule has 0 atom stereocenters. The molecule has 0 aromatic heterocycles. The monoisotopic (exact) mass is 322 g/mol. The van der Waals surface area contributed by atoms with Crippen LogP contribution in [-0.2, 0) is 0 Å². The summed E-state index contributed by atoms with van der Waals surface area (Å²) in [6.45, 7) is 6.83. The average molecular weight is 322 g/mol. The van der Waals surface area contributed by atoms with E-state index in [1.165, 1.54) is 54.4 Å². The van der Waals surface area contributed by atoms with Crippen LogP contribution in [0.15, 0.2) is 47.1 Å². The van der Waals surface area contributed by atoms with Gasteiger partial charge >= 0.3 is 0 Å². The van der Waals surface area contributed by atoms with Gasteiger partial charge < -0.3 is 5.43 Å². The summed E-state index contributed by atoms with van der Waals surface area (Å²) in [4.78, 5) is 0. The lowest BCUT2D eigenvalue weighted by molar-refractivity contribution is 0.381. The normalized spacial score (nSPS) is 19.5. The number of rotatable bonds is 4. The molecule has 0 bridgehead atoms. The Bertz CT molecular complexity index is 653. The Kier molecular flexibility index (Phi) is 5.23. The molecular weight excluding hydrogens is 292 g/mol. The molecule has 1 saturated carbocycles. The molecule has 0 radical (unpaired) electrons. The first-order valence-electron chi connectivity index (χ1n) is 9.33. The van der Waals surface area contributed by atoms with Gasteiger partial charge in [0.25, 0.3) is 0 Å². The molecule has 2 nitrogen and oxygen atoms in total. The molecule has 1 aromatic rings. The summed E-state index contributed by atoms with van der Waals surface area (Å²) in [5, 5.41) is 4.55. The second-order valence-electron chi connectivity index (χ2n) is 8.09. The quantitative estimate of drug-likeness (QED) is 0.558. The average Bonchev–Trinajstić information content (AvgIpc) is 3.06. The van der Waals surface area contributed by atoms with Crippen LogP contribution in [0.1, 0.15) is 70.4 Å². The van der Waals surface area contributed by atoms with Crippen LogP contribution in [0, 0.1) is 5.41 Å². The maximum Gasteiger partial charge on any atom is 0.0546 e. The van der Waals surface area contributed by atoms with Crippen LogP contribution in [-0.4, -0.2) is 12.3 Å². The summed E-state index contributed by atoms with van der Waals surface area (Å²) >= 11 is 0. The lowest BCUT2D eigenvalue weighted by atomic mass is 9.87. The number of hydrogen-bond donors (Lipinski definition) is 1. The third-order valence-corrected chi connectivity index (χ3v) is 5.11. The third kappa shape index (κ3) is 4.17. The highest BCUT2D eigenvalue weighted by Crippen LogP contribution is 2.36. The standard InChI is InChI=1S/C22H30N2/c1-22(2,3)19-14-13-17(15-19)21-12-8-7-9-18(21)16-23-24-20-10-5-4-6-11-20/h7-9,12,14-16,20,24H,4-6,10-11,13H2,1-3H3/b23-16+. The van der Waals surface area contributed by atoms with Gasteiger partial charge in [0.1, 0.15) is 0 Å². The fraction of sp³-hybridized carbons (Fsp3) is 0.500. The number of benzene rings is 1. The first-order valence-corrected chi connectivity index (χ1v) is 9.33. The summed E-state index contributed by atoms with van der Waals surface area (Å²) in [6, 6.07) is 9.16. The molecule has 0 unspecified atom stereocenters. The molecule has 24 heavy (non-hydrogen) atoms. The number of allylic oxidation sites excluding steroid dienone is 4. The van der Waals surface area contributed by atoms with Gasteiger partial charge in [-0.15, -0.1) is 0 Å². The minimum Gasteiger partial charge on any atom is -0.307 e. The molecule has 0 saturated heterocycles. The summed E-state index contributed by atoms with van der Waals surface area (Å²) in [6.07, 6.45) is 14.3. The van der Waals surface area contributed by atoms with Crippen LogP contribution >= 0.6 is 0 Å². The summed E-state index contributed by atoms with van der Waals surface area (Å²) in [5.74, 6) is 0. The zero-order valence-corrected chi connectivity index (χ0v) is 15.3. The van der Waals surface area contributed by atoms with Crippen LogP contribution in [0.3, 0.4) is 0 Å². The van der Waals surface area contributed by atoms with Crippen molar-refractivity contribution in [3.8, 4) is 0 Å². The first-order chi connectivity index (χ1) is 11.5. The number of nitrogens with one attached hydrogen (secondary N) is 1. The van der Waals surface area contributed by atoms with Gasteiger partial charge in [-0.2, -0.15) is 5.10 Å². The fourth-order valence-electron chi connectivity index (χ4n) is 3.58. The maximum atomic E-state index is 4.55. The molecule has 2 aliphatic rings. The van der Waals surface area contributed by atoms with E-state index in [-0.39, 0.29) is 5.41 Å². The van der Waals surface area contributed by atoms with E-state index in [0.717, 1.165) is 6.42 Å². The topological polar surface area (TPSA) is 24.4 Å². The largest absolute Gasteiger partial charge is 0.307 e. The number of nitrogens with zero attached hydrogens (tertiary/aromatic N) is 1. The van der Waals surface area contributed by atoms with Crippen LogP contribution in [0.4, 0.5) is 0 Å². The SMILES string of the molecule is CC(C)(C)C1=CCC(c2ccccc2/C=N/NC2CCCCC2)=C1. The molecule has 128 valence electrons. The Morgan fingerprint density at radius 3 is 2.54 bits per heavy atom. The lowest BCUT2D eigenvalue weighted by Gasteiger charge is -2.20. The Hall–Kier alpha value is -1.83. The van der Waals surface area contributed by atoms with Gasteiger partial charge in [0.15, 0.2) is 0 Å². The Labute approximate surface area is 146 Å². The highest BCUT2D eigenvalue weighted by atomic mass is 15.3. The maximum absolute atomic E-state index is 4.55. The smallest absolute Gasteiger partial charge is 0.0546 e. The van der Waals surface area contributed by atoms with Gasteiger partial charge in [0, 0.05) is 11.6 Å². The van der Waals surface area contributed by atoms with Crippen LogP contribution in [0.2, 0.25) is 0 Å². The molecule has 0 spiro atoms. The van der Waals surface area contributed by atoms with E-state index in [9.17, 15) is 0 Å². The molecule has 0 amide bonds. The van der Waals surface area contributed by atoms with Gasteiger partial charge in [-0.05, 0) is 41.4 Å². The zero-order valence-electron chi connectivity index (χ0n) is 15.3. The number of hydrazone groups is 1. The third-order valence-electron chi connectivity index (χ3n) is 5.11. The van der Waals surface area contributed by atoms with Crippen molar-refractivity contribution in [2.45, 2.75) is 65.3 Å². The highest BCUT2D eigenvalue weighted by molar-refractivity contribution is 5.89. The van der Waals surface area contributed by atoms with E-state index in [2.05, 4.69) is 67.7 Å². The van der Waals surface area contributed by atoms with Crippen molar-refractivity contribution in [1.82, 2.24) is 5.43 Å². The van der Waals surface area contributed by atoms with Gasteiger partial charge in [0.05, 0.1) is 6.21 Å². The molecule has 2 aliphatic carbocycles. The summed E-state index contributed by atoms with van der Waals surface area (Å²) in [7, 11) is 0. The zero-order chi connectivity index (χ0) is 17.0. The molecular formula is C22H30N2. The molecule has 0 heterocycles. The Balaban J connectivity index is 1.72. The molecule has 2 heteroatoms. The fourth-order valence-corrected chi connectivity index (χ4v) is 3.58. The molecule has 1 aromatic carbocycles. The van der Waals surface area contributed by atoms with Crippen LogP contribution in [0.5, 0.6) is 0 Å². The molecule has 0 aliphatic heterocycles. The van der Waals surface area contributed by atoms with Crippen molar-refractivity contribution in [1.29, 1.82) is 0 Å².